The molecule has 0 fully saturated rings. The molecular weight excluding hydrogens is 296 g/mol. The Morgan fingerprint density at radius 1 is 0.800 bits per heavy atom. The summed E-state index contributed by atoms with van der Waals surface area (Å²) in [6, 6.07) is 0. The Hall–Kier alpha value is 0.270. The van der Waals surface area contributed by atoms with E-state index in [2.05, 4.69) is 66.9 Å². The van der Waals surface area contributed by atoms with Crippen molar-refractivity contribution < 1.29 is 0 Å². The first-order valence-electron chi connectivity index (χ1n) is 5.53. The zero-order valence-electron chi connectivity index (χ0n) is 11.1. The first kappa shape index (κ1) is 15.3. The van der Waals surface area contributed by atoms with Gasteiger partial charge in [0.25, 0.3) is 0 Å². The first-order valence-corrected chi connectivity index (χ1v) is 8.22. The molecule has 0 nitrogen and oxygen atoms in total. The van der Waals surface area contributed by atoms with Crippen LogP contribution in [-0.4, -0.2) is 20.9 Å². The van der Waals surface area contributed by atoms with Gasteiger partial charge in [-0.2, -0.15) is 0 Å². The van der Waals surface area contributed by atoms with Gasteiger partial charge in [-0.3, -0.25) is 0 Å². The summed E-state index contributed by atoms with van der Waals surface area (Å²) in [6.45, 7) is 21.9. The van der Waals surface area contributed by atoms with Crippen LogP contribution in [0.5, 0.6) is 0 Å². The standard InChI is InChI=1S/C14H26Te/c1-9-11(13(3,4)5)15-12(10-2)14(6,7)8/h9-12H,1-2H2,3-8H3. The van der Waals surface area contributed by atoms with Crippen LogP contribution in [0.3, 0.4) is 0 Å². The third-order valence-electron chi connectivity index (χ3n) is 2.43. The summed E-state index contributed by atoms with van der Waals surface area (Å²) in [7, 11) is 0. The second-order valence-electron chi connectivity index (χ2n) is 6.18. The van der Waals surface area contributed by atoms with Crippen molar-refractivity contribution in [3.8, 4) is 0 Å². The molecule has 2 unspecified atom stereocenters. The molecule has 0 rings (SSSR count). The Labute approximate surface area is 106 Å². The molecule has 0 aromatic carbocycles. The monoisotopic (exact) mass is 324 g/mol. The van der Waals surface area contributed by atoms with Crippen LogP contribution in [0.15, 0.2) is 25.3 Å². The van der Waals surface area contributed by atoms with Gasteiger partial charge >= 0.3 is 107 Å². The van der Waals surface area contributed by atoms with Crippen molar-refractivity contribution in [2.45, 2.75) is 49.5 Å². The van der Waals surface area contributed by atoms with E-state index < -0.39 is 0 Å². The topological polar surface area (TPSA) is 0 Å². The van der Waals surface area contributed by atoms with Gasteiger partial charge in [-0.25, -0.2) is 0 Å². The van der Waals surface area contributed by atoms with Crippen LogP contribution < -0.4 is 0 Å². The van der Waals surface area contributed by atoms with Crippen LogP contribution >= 0.6 is 0 Å². The number of rotatable bonds is 4. The van der Waals surface area contributed by atoms with Crippen molar-refractivity contribution in [2.24, 2.45) is 10.8 Å². The summed E-state index contributed by atoms with van der Waals surface area (Å²) < 4.78 is 1.37. The summed E-state index contributed by atoms with van der Waals surface area (Å²) in [5.41, 5.74) is 0.715. The molecule has 0 aromatic rings. The second kappa shape index (κ2) is 5.55. The van der Waals surface area contributed by atoms with Crippen molar-refractivity contribution in [1.82, 2.24) is 0 Å². The summed E-state index contributed by atoms with van der Waals surface area (Å²) >= 11 is -0.118. The normalized spacial score (nSPS) is 16.9. The molecule has 0 spiro atoms. The molecule has 0 heterocycles. The van der Waals surface area contributed by atoms with E-state index in [4.69, 9.17) is 0 Å². The Morgan fingerprint density at radius 2 is 1.07 bits per heavy atom. The minimum atomic E-state index is -0.118. The van der Waals surface area contributed by atoms with Gasteiger partial charge in [0.2, 0.25) is 0 Å². The minimum absolute atomic E-state index is 0.118. The van der Waals surface area contributed by atoms with Crippen LogP contribution in [0, 0.1) is 10.8 Å². The predicted octanol–water partition coefficient (Wildman–Crippen LogP) is 4.73. The van der Waals surface area contributed by atoms with E-state index in [1.54, 1.807) is 0 Å². The van der Waals surface area contributed by atoms with Gasteiger partial charge in [-0.05, 0) is 0 Å². The van der Waals surface area contributed by atoms with Gasteiger partial charge in [-0.1, -0.05) is 0 Å². The quantitative estimate of drug-likeness (QED) is 0.518. The summed E-state index contributed by atoms with van der Waals surface area (Å²) in [5.74, 6) is 0. The van der Waals surface area contributed by atoms with E-state index in [0.29, 0.717) is 18.8 Å². The van der Waals surface area contributed by atoms with Crippen LogP contribution in [0.2, 0.25) is 7.93 Å². The van der Waals surface area contributed by atoms with Crippen molar-refractivity contribution >= 4 is 20.9 Å². The van der Waals surface area contributed by atoms with E-state index in [1.807, 2.05) is 0 Å². The SMILES string of the molecule is C=CC([Te]C(C=C)C(C)(C)C)C(C)(C)C. The van der Waals surface area contributed by atoms with Gasteiger partial charge in [0, 0.05) is 0 Å². The predicted molar refractivity (Wildman–Crippen MR) is 72.6 cm³/mol. The zero-order valence-corrected chi connectivity index (χ0v) is 13.5. The summed E-state index contributed by atoms with van der Waals surface area (Å²) in [4.78, 5) is 0. The van der Waals surface area contributed by atoms with Gasteiger partial charge in [-0.15, -0.1) is 0 Å². The van der Waals surface area contributed by atoms with Crippen LogP contribution in [0.4, 0.5) is 0 Å². The molecule has 0 bridgehead atoms. The Bertz CT molecular complexity index is 190. The number of hydrogen-bond acceptors (Lipinski definition) is 0. The van der Waals surface area contributed by atoms with Crippen LogP contribution in [-0.2, 0) is 0 Å². The Balaban J connectivity index is 4.67. The van der Waals surface area contributed by atoms with Crippen molar-refractivity contribution in [3.63, 3.8) is 0 Å². The maximum atomic E-state index is 4.00. The molecule has 0 aliphatic heterocycles. The first-order chi connectivity index (χ1) is 6.62. The van der Waals surface area contributed by atoms with Gasteiger partial charge in [0.15, 0.2) is 0 Å². The van der Waals surface area contributed by atoms with Crippen molar-refractivity contribution in [2.75, 3.05) is 0 Å². The molecule has 0 aliphatic rings. The van der Waals surface area contributed by atoms with Crippen LogP contribution in [0.1, 0.15) is 41.5 Å². The molecule has 0 aliphatic carbocycles. The molecule has 88 valence electrons. The second-order valence-corrected chi connectivity index (χ2v) is 9.86. The molecule has 2 atom stereocenters. The Morgan fingerprint density at radius 3 is 1.20 bits per heavy atom. The molecule has 0 saturated heterocycles. The molecule has 0 aromatic heterocycles. The molecule has 0 amide bonds. The number of allylic oxidation sites excluding steroid dienone is 2. The molecule has 0 radical (unpaired) electrons. The van der Waals surface area contributed by atoms with E-state index in [9.17, 15) is 0 Å². The van der Waals surface area contributed by atoms with E-state index in [1.165, 1.54) is 0 Å². The Kier molecular flexibility index (Phi) is 5.65. The summed E-state index contributed by atoms with van der Waals surface area (Å²) in [6.07, 6.45) is 4.31. The van der Waals surface area contributed by atoms with Crippen molar-refractivity contribution in [1.29, 1.82) is 0 Å². The maximum absolute atomic E-state index is 4.00. The fourth-order valence-corrected chi connectivity index (χ4v) is 5.25. The van der Waals surface area contributed by atoms with Gasteiger partial charge in [0.1, 0.15) is 0 Å². The van der Waals surface area contributed by atoms with E-state index >= 15 is 0 Å². The molecular formula is C14H26Te. The van der Waals surface area contributed by atoms with Crippen LogP contribution in [0.25, 0.3) is 0 Å². The summed E-state index contributed by atoms with van der Waals surface area (Å²) in [5, 5.41) is 0. The van der Waals surface area contributed by atoms with E-state index in [-0.39, 0.29) is 20.9 Å². The number of hydrogen-bond donors (Lipinski definition) is 0. The average Bonchev–Trinajstić information content (AvgIpc) is 2.01. The third-order valence-corrected chi connectivity index (χ3v) is 9.24. The van der Waals surface area contributed by atoms with E-state index in [0.717, 1.165) is 0 Å². The van der Waals surface area contributed by atoms with Gasteiger partial charge in [0.05, 0.1) is 0 Å². The molecule has 0 saturated carbocycles. The third kappa shape index (κ3) is 5.23. The molecule has 15 heavy (non-hydrogen) atoms. The average molecular weight is 322 g/mol. The fourth-order valence-electron chi connectivity index (χ4n) is 1.38. The van der Waals surface area contributed by atoms with Crippen molar-refractivity contribution in [3.05, 3.63) is 25.3 Å². The fraction of sp³-hybridized carbons (Fsp3) is 0.714. The molecule has 1 heteroatoms. The zero-order chi connectivity index (χ0) is 12.3. The molecule has 0 N–H and O–H groups in total. The van der Waals surface area contributed by atoms with Gasteiger partial charge < -0.3 is 0 Å².